The number of carbonyl (C=O) groups excluding carboxylic acids is 1. The molecule has 3 atom stereocenters. The average molecular weight is 286 g/mol. The van der Waals surface area contributed by atoms with Crippen LogP contribution in [0.3, 0.4) is 0 Å². The zero-order valence-corrected chi connectivity index (χ0v) is 12.6. The zero-order valence-electron chi connectivity index (χ0n) is 11.0. The highest BCUT2D eigenvalue weighted by Crippen LogP contribution is 2.09. The summed E-state index contributed by atoms with van der Waals surface area (Å²) in [7, 11) is 0. The van der Waals surface area contributed by atoms with E-state index in [-0.39, 0.29) is 42.7 Å². The van der Waals surface area contributed by atoms with E-state index in [4.69, 9.17) is 5.73 Å². The third-order valence-corrected chi connectivity index (χ3v) is 2.87. The first-order valence-electron chi connectivity index (χ1n) is 5.72. The fraction of sp³-hybridized carbons (Fsp3) is 0.909. The van der Waals surface area contributed by atoms with Crippen LogP contribution >= 0.6 is 24.8 Å². The van der Waals surface area contributed by atoms with Crippen LogP contribution in [0.4, 0.5) is 0 Å². The van der Waals surface area contributed by atoms with Gasteiger partial charge in [0.25, 0.3) is 0 Å². The first kappa shape index (κ1) is 19.3. The van der Waals surface area contributed by atoms with Crippen LogP contribution in [0.5, 0.6) is 0 Å². The SMILES string of the molecule is CC1CN(C(=O)C(N)C(C)C)CC(C)N1.Cl.Cl. The lowest BCUT2D eigenvalue weighted by Crippen LogP contribution is -2.59. The van der Waals surface area contributed by atoms with Gasteiger partial charge in [0, 0.05) is 25.2 Å². The van der Waals surface area contributed by atoms with E-state index in [1.165, 1.54) is 0 Å². The Balaban J connectivity index is 0. The summed E-state index contributed by atoms with van der Waals surface area (Å²) in [5, 5.41) is 3.40. The second-order valence-corrected chi connectivity index (χ2v) is 4.98. The molecule has 1 aliphatic rings. The monoisotopic (exact) mass is 285 g/mol. The molecule has 0 bridgehead atoms. The van der Waals surface area contributed by atoms with Crippen LogP contribution in [0.1, 0.15) is 27.7 Å². The van der Waals surface area contributed by atoms with Crippen molar-refractivity contribution in [3.05, 3.63) is 0 Å². The molecular formula is C11H25Cl2N3O. The van der Waals surface area contributed by atoms with Gasteiger partial charge in [0.05, 0.1) is 6.04 Å². The molecule has 1 saturated heterocycles. The number of carbonyl (C=O) groups is 1. The lowest BCUT2D eigenvalue weighted by Gasteiger charge is -2.37. The number of rotatable bonds is 2. The highest BCUT2D eigenvalue weighted by molar-refractivity contribution is 5.85. The van der Waals surface area contributed by atoms with Gasteiger partial charge in [0.1, 0.15) is 0 Å². The van der Waals surface area contributed by atoms with E-state index in [2.05, 4.69) is 19.2 Å². The van der Waals surface area contributed by atoms with E-state index < -0.39 is 0 Å². The van der Waals surface area contributed by atoms with Crippen LogP contribution in [-0.4, -0.2) is 42.0 Å². The molecule has 0 saturated carbocycles. The number of nitrogens with one attached hydrogen (secondary N) is 1. The van der Waals surface area contributed by atoms with Crippen LogP contribution < -0.4 is 11.1 Å². The summed E-state index contributed by atoms with van der Waals surface area (Å²) in [6.07, 6.45) is 0. The maximum atomic E-state index is 12.0. The van der Waals surface area contributed by atoms with Gasteiger partial charge >= 0.3 is 0 Å². The van der Waals surface area contributed by atoms with E-state index >= 15 is 0 Å². The molecule has 4 nitrogen and oxygen atoms in total. The lowest BCUT2D eigenvalue weighted by molar-refractivity contribution is -0.135. The van der Waals surface area contributed by atoms with Crippen LogP contribution in [0.25, 0.3) is 0 Å². The molecule has 1 heterocycles. The predicted octanol–water partition coefficient (Wildman–Crippen LogP) is 1.02. The van der Waals surface area contributed by atoms with E-state index in [1.807, 2.05) is 18.7 Å². The second-order valence-electron chi connectivity index (χ2n) is 4.98. The molecular weight excluding hydrogens is 261 g/mol. The Hall–Kier alpha value is -0.0300. The Bertz CT molecular complexity index is 229. The van der Waals surface area contributed by atoms with Gasteiger partial charge in [-0.3, -0.25) is 4.79 Å². The summed E-state index contributed by atoms with van der Waals surface area (Å²) in [6.45, 7) is 9.69. The second kappa shape index (κ2) is 8.14. The van der Waals surface area contributed by atoms with Crippen molar-refractivity contribution in [3.8, 4) is 0 Å². The Morgan fingerprint density at radius 3 is 2.00 bits per heavy atom. The fourth-order valence-electron chi connectivity index (χ4n) is 2.00. The minimum Gasteiger partial charge on any atom is -0.338 e. The highest BCUT2D eigenvalue weighted by Gasteiger charge is 2.29. The quantitative estimate of drug-likeness (QED) is 0.797. The number of nitrogens with two attached hydrogens (primary N) is 1. The van der Waals surface area contributed by atoms with Crippen molar-refractivity contribution < 1.29 is 4.79 Å². The summed E-state index contributed by atoms with van der Waals surface area (Å²) in [5.41, 5.74) is 5.87. The Labute approximate surface area is 117 Å². The maximum Gasteiger partial charge on any atom is 0.239 e. The molecule has 0 aromatic rings. The third-order valence-electron chi connectivity index (χ3n) is 2.87. The summed E-state index contributed by atoms with van der Waals surface area (Å²) < 4.78 is 0. The number of piperazine rings is 1. The zero-order chi connectivity index (χ0) is 11.6. The number of amides is 1. The topological polar surface area (TPSA) is 58.4 Å². The molecule has 104 valence electrons. The molecule has 1 rings (SSSR count). The smallest absolute Gasteiger partial charge is 0.239 e. The van der Waals surface area contributed by atoms with Gasteiger partial charge < -0.3 is 16.0 Å². The highest BCUT2D eigenvalue weighted by atomic mass is 35.5. The first-order valence-corrected chi connectivity index (χ1v) is 5.72. The van der Waals surface area contributed by atoms with Gasteiger partial charge in [-0.15, -0.1) is 24.8 Å². The van der Waals surface area contributed by atoms with Crippen molar-refractivity contribution in [2.24, 2.45) is 11.7 Å². The minimum atomic E-state index is -0.359. The average Bonchev–Trinajstić information content (AvgIpc) is 2.13. The van der Waals surface area contributed by atoms with Gasteiger partial charge in [-0.25, -0.2) is 0 Å². The van der Waals surface area contributed by atoms with E-state index in [1.54, 1.807) is 0 Å². The molecule has 1 amide bonds. The van der Waals surface area contributed by atoms with Gasteiger partial charge in [-0.1, -0.05) is 13.8 Å². The lowest BCUT2D eigenvalue weighted by atomic mass is 10.0. The van der Waals surface area contributed by atoms with Crippen LogP contribution in [0.15, 0.2) is 0 Å². The van der Waals surface area contributed by atoms with Crippen LogP contribution in [0, 0.1) is 5.92 Å². The molecule has 3 unspecified atom stereocenters. The summed E-state index contributed by atoms with van der Waals surface area (Å²) >= 11 is 0. The first-order chi connectivity index (χ1) is 6.91. The molecule has 1 fully saturated rings. The molecule has 0 spiro atoms. The standard InChI is InChI=1S/C11H23N3O.2ClH/c1-7(2)10(12)11(15)14-5-8(3)13-9(4)6-14;;/h7-10,13H,5-6,12H2,1-4H3;2*1H. The number of hydrogen-bond acceptors (Lipinski definition) is 3. The van der Waals surface area contributed by atoms with Gasteiger partial charge in [0.2, 0.25) is 5.91 Å². The Kier molecular flexibility index (Phi) is 9.25. The number of hydrogen-bond donors (Lipinski definition) is 2. The molecule has 1 aliphatic heterocycles. The fourth-order valence-corrected chi connectivity index (χ4v) is 2.00. The third kappa shape index (κ3) is 5.42. The van der Waals surface area contributed by atoms with Gasteiger partial charge in [0.15, 0.2) is 0 Å². The molecule has 0 aromatic heterocycles. The Morgan fingerprint density at radius 2 is 1.65 bits per heavy atom. The molecule has 0 radical (unpaired) electrons. The Morgan fingerprint density at radius 1 is 1.24 bits per heavy atom. The molecule has 0 aliphatic carbocycles. The van der Waals surface area contributed by atoms with Crippen LogP contribution in [0.2, 0.25) is 0 Å². The van der Waals surface area contributed by atoms with E-state index in [0.29, 0.717) is 12.1 Å². The van der Waals surface area contributed by atoms with Crippen molar-refractivity contribution in [1.29, 1.82) is 0 Å². The van der Waals surface area contributed by atoms with E-state index in [0.717, 1.165) is 13.1 Å². The molecule has 3 N–H and O–H groups in total. The van der Waals surface area contributed by atoms with Crippen molar-refractivity contribution in [2.75, 3.05) is 13.1 Å². The van der Waals surface area contributed by atoms with Crippen molar-refractivity contribution in [3.63, 3.8) is 0 Å². The molecule has 0 aromatic carbocycles. The predicted molar refractivity (Wildman–Crippen MR) is 75.9 cm³/mol. The van der Waals surface area contributed by atoms with Crippen molar-refractivity contribution in [1.82, 2.24) is 10.2 Å². The van der Waals surface area contributed by atoms with Crippen molar-refractivity contribution in [2.45, 2.75) is 45.8 Å². The maximum absolute atomic E-state index is 12.0. The molecule has 17 heavy (non-hydrogen) atoms. The summed E-state index contributed by atoms with van der Waals surface area (Å²) in [5.74, 6) is 0.295. The number of halogens is 2. The van der Waals surface area contributed by atoms with Crippen LogP contribution in [-0.2, 0) is 4.79 Å². The minimum absolute atomic E-state index is 0. The van der Waals surface area contributed by atoms with Crippen molar-refractivity contribution >= 4 is 30.7 Å². The van der Waals surface area contributed by atoms with E-state index in [9.17, 15) is 4.79 Å². The molecule has 6 heteroatoms. The van der Waals surface area contributed by atoms with Gasteiger partial charge in [-0.2, -0.15) is 0 Å². The normalized spacial score (nSPS) is 25.9. The largest absolute Gasteiger partial charge is 0.338 e. The van der Waals surface area contributed by atoms with Gasteiger partial charge in [-0.05, 0) is 19.8 Å². The summed E-state index contributed by atoms with van der Waals surface area (Å²) in [4.78, 5) is 13.9. The number of nitrogens with zero attached hydrogens (tertiary/aromatic N) is 1. The summed E-state index contributed by atoms with van der Waals surface area (Å²) in [6, 6.07) is 0.358.